The topological polar surface area (TPSA) is 6.48 Å². The molecule has 0 N–H and O–H groups in total. The maximum absolute atomic E-state index is 13.9. The Hall–Kier alpha value is -2.39. The molecule has 3 heteroatoms. The summed E-state index contributed by atoms with van der Waals surface area (Å²) in [5.41, 5.74) is 2.07. The third kappa shape index (κ3) is 3.13. The summed E-state index contributed by atoms with van der Waals surface area (Å²) in [6.45, 7) is 4.61. The molecule has 122 valence electrons. The first kappa shape index (κ1) is 15.2. The zero-order valence-electron chi connectivity index (χ0n) is 13.7. The van der Waals surface area contributed by atoms with Crippen LogP contribution in [0, 0.1) is 5.82 Å². The van der Waals surface area contributed by atoms with Gasteiger partial charge in [0.2, 0.25) is 0 Å². The molecule has 1 heterocycles. The van der Waals surface area contributed by atoms with Crippen LogP contribution >= 0.6 is 0 Å². The maximum Gasteiger partial charge on any atom is 0.146 e. The smallest absolute Gasteiger partial charge is 0.146 e. The van der Waals surface area contributed by atoms with Crippen molar-refractivity contribution in [2.45, 2.75) is 6.54 Å². The Morgan fingerprint density at radius 2 is 1.46 bits per heavy atom. The molecular weight excluding hydrogens is 299 g/mol. The van der Waals surface area contributed by atoms with Gasteiger partial charge in [-0.1, -0.05) is 48.5 Å². The lowest BCUT2D eigenvalue weighted by Gasteiger charge is -2.36. The molecular formula is C21H21FN2. The first-order valence-corrected chi connectivity index (χ1v) is 8.49. The molecule has 4 rings (SSSR count). The SMILES string of the molecule is Fc1ccccc1N1CCN(Cc2ccc3ccccc3c2)CC1. The van der Waals surface area contributed by atoms with Crippen molar-refractivity contribution in [1.29, 1.82) is 0 Å². The van der Waals surface area contributed by atoms with Gasteiger partial charge in [0.05, 0.1) is 5.69 Å². The number of hydrogen-bond acceptors (Lipinski definition) is 2. The molecule has 0 bridgehead atoms. The number of halogens is 1. The van der Waals surface area contributed by atoms with Crippen molar-refractivity contribution in [3.8, 4) is 0 Å². The summed E-state index contributed by atoms with van der Waals surface area (Å²) >= 11 is 0. The van der Waals surface area contributed by atoms with Gasteiger partial charge in [-0.05, 0) is 34.5 Å². The average molecular weight is 320 g/mol. The Balaban J connectivity index is 1.41. The molecule has 3 aromatic rings. The summed E-state index contributed by atoms with van der Waals surface area (Å²) in [7, 11) is 0. The van der Waals surface area contributed by atoms with Crippen LogP contribution in [-0.2, 0) is 6.54 Å². The summed E-state index contributed by atoms with van der Waals surface area (Å²) in [6.07, 6.45) is 0. The van der Waals surface area contributed by atoms with E-state index in [2.05, 4.69) is 52.3 Å². The summed E-state index contributed by atoms with van der Waals surface area (Å²) in [4.78, 5) is 4.59. The predicted molar refractivity (Wildman–Crippen MR) is 97.8 cm³/mol. The highest BCUT2D eigenvalue weighted by molar-refractivity contribution is 5.82. The van der Waals surface area contributed by atoms with E-state index in [1.807, 2.05) is 12.1 Å². The summed E-state index contributed by atoms with van der Waals surface area (Å²) in [5.74, 6) is -0.125. The van der Waals surface area contributed by atoms with Crippen molar-refractivity contribution in [2.75, 3.05) is 31.1 Å². The third-order valence-corrected chi connectivity index (χ3v) is 4.79. The minimum absolute atomic E-state index is 0.125. The van der Waals surface area contributed by atoms with Crippen LogP contribution in [0.4, 0.5) is 10.1 Å². The number of nitrogens with zero attached hydrogens (tertiary/aromatic N) is 2. The normalized spacial score (nSPS) is 15.8. The summed E-state index contributed by atoms with van der Waals surface area (Å²) < 4.78 is 13.9. The van der Waals surface area contributed by atoms with E-state index in [9.17, 15) is 4.39 Å². The molecule has 0 spiro atoms. The second kappa shape index (κ2) is 6.62. The lowest BCUT2D eigenvalue weighted by molar-refractivity contribution is 0.249. The number of hydrogen-bond donors (Lipinski definition) is 0. The molecule has 0 radical (unpaired) electrons. The Labute approximate surface area is 142 Å². The van der Waals surface area contributed by atoms with E-state index in [-0.39, 0.29) is 5.82 Å². The van der Waals surface area contributed by atoms with Gasteiger partial charge in [0.25, 0.3) is 0 Å². The van der Waals surface area contributed by atoms with E-state index < -0.39 is 0 Å². The predicted octanol–water partition coefficient (Wildman–Crippen LogP) is 4.30. The fourth-order valence-corrected chi connectivity index (χ4v) is 3.45. The molecule has 1 aliphatic heterocycles. The van der Waals surface area contributed by atoms with Gasteiger partial charge in [-0.25, -0.2) is 4.39 Å². The van der Waals surface area contributed by atoms with Crippen molar-refractivity contribution >= 4 is 16.5 Å². The molecule has 1 aliphatic rings. The molecule has 2 nitrogen and oxygen atoms in total. The largest absolute Gasteiger partial charge is 0.367 e. The minimum Gasteiger partial charge on any atom is -0.367 e. The van der Waals surface area contributed by atoms with Crippen LogP contribution in [0.25, 0.3) is 10.8 Å². The van der Waals surface area contributed by atoms with E-state index in [0.29, 0.717) is 0 Å². The molecule has 0 amide bonds. The maximum atomic E-state index is 13.9. The van der Waals surface area contributed by atoms with Crippen LogP contribution in [-0.4, -0.2) is 31.1 Å². The zero-order chi connectivity index (χ0) is 16.4. The molecule has 0 saturated carbocycles. The third-order valence-electron chi connectivity index (χ3n) is 4.79. The molecule has 0 atom stereocenters. The van der Waals surface area contributed by atoms with Crippen LogP contribution in [0.15, 0.2) is 66.7 Å². The average Bonchev–Trinajstić information content (AvgIpc) is 2.63. The number of anilines is 1. The quantitative estimate of drug-likeness (QED) is 0.710. The van der Waals surface area contributed by atoms with Crippen LogP contribution in [0.5, 0.6) is 0 Å². The van der Waals surface area contributed by atoms with Gasteiger partial charge >= 0.3 is 0 Å². The van der Waals surface area contributed by atoms with Crippen LogP contribution in [0.1, 0.15) is 5.56 Å². The van der Waals surface area contributed by atoms with E-state index >= 15 is 0 Å². The van der Waals surface area contributed by atoms with Gasteiger partial charge in [0.15, 0.2) is 0 Å². The highest BCUT2D eigenvalue weighted by Gasteiger charge is 2.19. The van der Waals surface area contributed by atoms with Crippen molar-refractivity contribution in [2.24, 2.45) is 0 Å². The van der Waals surface area contributed by atoms with Gasteiger partial charge in [0.1, 0.15) is 5.82 Å². The van der Waals surface area contributed by atoms with Crippen molar-refractivity contribution in [1.82, 2.24) is 4.90 Å². The van der Waals surface area contributed by atoms with Crippen molar-refractivity contribution < 1.29 is 4.39 Å². The van der Waals surface area contributed by atoms with Gasteiger partial charge < -0.3 is 4.90 Å². The zero-order valence-corrected chi connectivity index (χ0v) is 13.7. The Kier molecular flexibility index (Phi) is 4.18. The van der Waals surface area contributed by atoms with E-state index in [0.717, 1.165) is 38.4 Å². The van der Waals surface area contributed by atoms with Gasteiger partial charge in [-0.3, -0.25) is 4.90 Å². The lowest BCUT2D eigenvalue weighted by Crippen LogP contribution is -2.46. The first-order chi connectivity index (χ1) is 11.8. The molecule has 1 saturated heterocycles. The monoisotopic (exact) mass is 320 g/mol. The lowest BCUT2D eigenvalue weighted by atomic mass is 10.1. The van der Waals surface area contributed by atoms with Crippen molar-refractivity contribution in [3.63, 3.8) is 0 Å². The molecule has 3 aromatic carbocycles. The summed E-state index contributed by atoms with van der Waals surface area (Å²) in [6, 6.07) is 22.2. The second-order valence-corrected chi connectivity index (χ2v) is 6.40. The molecule has 0 aliphatic carbocycles. The number of rotatable bonds is 3. The number of para-hydroxylation sites is 1. The fourth-order valence-electron chi connectivity index (χ4n) is 3.45. The van der Waals surface area contributed by atoms with E-state index in [1.54, 1.807) is 6.07 Å². The molecule has 0 unspecified atom stereocenters. The Morgan fingerprint density at radius 1 is 0.750 bits per heavy atom. The minimum atomic E-state index is -0.125. The number of fused-ring (bicyclic) bond motifs is 1. The van der Waals surface area contributed by atoms with Crippen LogP contribution < -0.4 is 4.90 Å². The van der Waals surface area contributed by atoms with Crippen LogP contribution in [0.2, 0.25) is 0 Å². The summed E-state index contributed by atoms with van der Waals surface area (Å²) in [5, 5.41) is 2.57. The molecule has 24 heavy (non-hydrogen) atoms. The van der Waals surface area contributed by atoms with Gasteiger partial charge in [-0.2, -0.15) is 0 Å². The standard InChI is InChI=1S/C21H21FN2/c22-20-7-3-4-8-21(20)24-13-11-23(12-14-24)16-17-9-10-18-5-1-2-6-19(18)15-17/h1-10,15H,11-14,16H2. The van der Waals surface area contributed by atoms with E-state index in [1.165, 1.54) is 22.4 Å². The highest BCUT2D eigenvalue weighted by atomic mass is 19.1. The number of benzene rings is 3. The second-order valence-electron chi connectivity index (χ2n) is 6.40. The van der Waals surface area contributed by atoms with Crippen LogP contribution in [0.3, 0.4) is 0 Å². The Morgan fingerprint density at radius 3 is 2.25 bits per heavy atom. The fraction of sp³-hybridized carbons (Fsp3) is 0.238. The Bertz CT molecular complexity index is 838. The van der Waals surface area contributed by atoms with Gasteiger partial charge in [0, 0.05) is 32.7 Å². The van der Waals surface area contributed by atoms with Crippen molar-refractivity contribution in [3.05, 3.63) is 78.1 Å². The molecule has 0 aromatic heterocycles. The first-order valence-electron chi connectivity index (χ1n) is 8.49. The highest BCUT2D eigenvalue weighted by Crippen LogP contribution is 2.21. The van der Waals surface area contributed by atoms with Gasteiger partial charge in [-0.15, -0.1) is 0 Å². The number of piperazine rings is 1. The van der Waals surface area contributed by atoms with E-state index in [4.69, 9.17) is 0 Å². The molecule has 1 fully saturated rings.